The minimum atomic E-state index is 1.06. The predicted molar refractivity (Wildman–Crippen MR) is 298 cm³/mol. The molecule has 0 bridgehead atoms. The lowest BCUT2D eigenvalue weighted by molar-refractivity contribution is 1.18. The van der Waals surface area contributed by atoms with Crippen molar-refractivity contribution >= 4 is 60.4 Å². The molecule has 0 fully saturated rings. The van der Waals surface area contributed by atoms with E-state index >= 15 is 0 Å². The van der Waals surface area contributed by atoms with Gasteiger partial charge in [0.1, 0.15) is 0 Å². The summed E-state index contributed by atoms with van der Waals surface area (Å²) in [6, 6.07) is 102. The van der Waals surface area contributed by atoms with Crippen LogP contribution in [0, 0.1) is 0 Å². The summed E-state index contributed by atoms with van der Waals surface area (Å²) in [5.41, 5.74) is 18.5. The number of hydrogen-bond donors (Lipinski definition) is 0. The molecule has 13 rings (SSSR count). The van der Waals surface area contributed by atoms with Crippen molar-refractivity contribution in [3.63, 3.8) is 0 Å². The Bertz CT molecular complexity index is 4020. The van der Waals surface area contributed by atoms with Crippen LogP contribution in [0.5, 0.6) is 0 Å². The Morgan fingerprint density at radius 2 is 0.771 bits per heavy atom. The average molecular weight is 891 g/mol. The van der Waals surface area contributed by atoms with Crippen molar-refractivity contribution in [3.8, 4) is 61.3 Å². The molecule has 0 aliphatic carbocycles. The van der Waals surface area contributed by atoms with Gasteiger partial charge in [-0.25, -0.2) is 0 Å². The second-order valence-electron chi connectivity index (χ2n) is 18.0. The highest BCUT2D eigenvalue weighted by atomic mass is 15.1. The number of nitrogens with zero attached hydrogens (tertiary/aromatic N) is 2. The van der Waals surface area contributed by atoms with Gasteiger partial charge in [0.05, 0.1) is 22.4 Å². The molecule has 0 saturated carbocycles. The molecule has 0 aliphatic heterocycles. The van der Waals surface area contributed by atoms with Gasteiger partial charge in [-0.05, 0) is 121 Å². The number of anilines is 3. The molecule has 2 nitrogen and oxygen atoms in total. The minimum absolute atomic E-state index is 1.06. The summed E-state index contributed by atoms with van der Waals surface area (Å²) in [6.45, 7) is 0. The monoisotopic (exact) mass is 890 g/mol. The quantitative estimate of drug-likeness (QED) is 0.140. The first kappa shape index (κ1) is 41.0. The molecule has 1 heterocycles. The van der Waals surface area contributed by atoms with Gasteiger partial charge in [0, 0.05) is 33.3 Å². The number of para-hydroxylation sites is 1. The van der Waals surface area contributed by atoms with E-state index in [-0.39, 0.29) is 0 Å². The van der Waals surface area contributed by atoms with Crippen LogP contribution in [0.4, 0.5) is 17.1 Å². The van der Waals surface area contributed by atoms with E-state index in [0.29, 0.717) is 0 Å². The van der Waals surface area contributed by atoms with E-state index in [1.807, 2.05) is 0 Å². The van der Waals surface area contributed by atoms with Gasteiger partial charge in [0.15, 0.2) is 0 Å². The number of fused-ring (bicyclic) bond motifs is 6. The van der Waals surface area contributed by atoms with E-state index in [1.165, 1.54) is 82.3 Å². The first-order valence-corrected chi connectivity index (χ1v) is 24.1. The fourth-order valence-corrected chi connectivity index (χ4v) is 10.7. The molecule has 328 valence electrons. The number of aromatic nitrogens is 1. The first-order chi connectivity index (χ1) is 34.7. The van der Waals surface area contributed by atoms with Gasteiger partial charge >= 0.3 is 0 Å². The van der Waals surface area contributed by atoms with E-state index in [4.69, 9.17) is 0 Å². The Kier molecular flexibility index (Phi) is 10.2. The third-order valence-corrected chi connectivity index (χ3v) is 14.0. The Hall–Kier alpha value is -9.24. The summed E-state index contributed by atoms with van der Waals surface area (Å²) in [7, 11) is 0. The van der Waals surface area contributed by atoms with E-state index in [0.717, 1.165) is 39.4 Å². The fraction of sp³-hybridized carbons (Fsp3) is 0. The van der Waals surface area contributed by atoms with Crippen LogP contribution >= 0.6 is 0 Å². The minimum Gasteiger partial charge on any atom is -0.310 e. The highest BCUT2D eigenvalue weighted by Crippen LogP contribution is 2.46. The van der Waals surface area contributed by atoms with Crippen molar-refractivity contribution in [3.05, 3.63) is 279 Å². The fourth-order valence-electron chi connectivity index (χ4n) is 10.7. The van der Waals surface area contributed by atoms with Crippen molar-refractivity contribution in [2.45, 2.75) is 0 Å². The van der Waals surface area contributed by atoms with Crippen LogP contribution in [0.25, 0.3) is 105 Å². The molecule has 0 amide bonds. The molecule has 12 aromatic carbocycles. The van der Waals surface area contributed by atoms with Crippen LogP contribution < -0.4 is 4.90 Å². The predicted octanol–water partition coefficient (Wildman–Crippen LogP) is 18.9. The van der Waals surface area contributed by atoms with Gasteiger partial charge in [-0.1, -0.05) is 224 Å². The molecular formula is C68H46N2. The largest absolute Gasteiger partial charge is 0.310 e. The topological polar surface area (TPSA) is 8.17 Å². The molecular weight excluding hydrogens is 845 g/mol. The van der Waals surface area contributed by atoms with Crippen LogP contribution in [-0.2, 0) is 0 Å². The van der Waals surface area contributed by atoms with E-state index < -0.39 is 0 Å². The maximum absolute atomic E-state index is 2.48. The van der Waals surface area contributed by atoms with Gasteiger partial charge in [-0.15, -0.1) is 0 Å². The second kappa shape index (κ2) is 17.4. The van der Waals surface area contributed by atoms with E-state index in [2.05, 4.69) is 289 Å². The first-order valence-electron chi connectivity index (χ1n) is 24.1. The zero-order chi connectivity index (χ0) is 46.4. The smallest absolute Gasteiger partial charge is 0.0547 e. The number of benzene rings is 12. The summed E-state index contributed by atoms with van der Waals surface area (Å²) >= 11 is 0. The molecule has 0 atom stereocenters. The van der Waals surface area contributed by atoms with Crippen molar-refractivity contribution in [1.29, 1.82) is 0 Å². The molecule has 0 unspecified atom stereocenters. The summed E-state index contributed by atoms with van der Waals surface area (Å²) in [5.74, 6) is 0. The highest BCUT2D eigenvalue weighted by molar-refractivity contribution is 6.21. The molecule has 0 saturated heterocycles. The Labute approximate surface area is 408 Å². The van der Waals surface area contributed by atoms with Crippen LogP contribution in [0.15, 0.2) is 279 Å². The molecule has 70 heavy (non-hydrogen) atoms. The Morgan fingerprint density at radius 1 is 0.271 bits per heavy atom. The summed E-state index contributed by atoms with van der Waals surface area (Å²) in [5, 5.41) is 7.50. The maximum atomic E-state index is 2.48. The van der Waals surface area contributed by atoms with Crippen LogP contribution in [0.2, 0.25) is 0 Å². The van der Waals surface area contributed by atoms with Crippen molar-refractivity contribution in [1.82, 2.24) is 4.57 Å². The SMILES string of the molecule is c1ccc(-c2ccc(N(c3ccc(-c4c(-c5ccccc5)cccc4-n4c5ccccc5c5c6ccccc6ccc54)cc3)c3ccc(-c4cccc5ccccc45)cc3)c(-c3ccccc3)c2)cc1. The zero-order valence-electron chi connectivity index (χ0n) is 38.5. The highest BCUT2D eigenvalue weighted by Gasteiger charge is 2.23. The van der Waals surface area contributed by atoms with E-state index in [9.17, 15) is 0 Å². The normalized spacial score (nSPS) is 11.4. The molecule has 0 N–H and O–H groups in total. The van der Waals surface area contributed by atoms with Gasteiger partial charge in [-0.3, -0.25) is 0 Å². The molecule has 0 aliphatic rings. The molecule has 0 spiro atoms. The van der Waals surface area contributed by atoms with Crippen molar-refractivity contribution in [2.75, 3.05) is 4.90 Å². The molecule has 2 heteroatoms. The second-order valence-corrected chi connectivity index (χ2v) is 18.0. The van der Waals surface area contributed by atoms with Gasteiger partial charge < -0.3 is 9.47 Å². The standard InChI is InChI=1S/C68H46N2/c1-4-18-47(19-5-1)54-39-44-64(62(46-54)50-22-8-3-9-23-50)69(55-40-34-52(35-41-55)58-30-16-26-48-24-10-12-27-57(48)58)56-42-36-53(37-43-56)67-59(49-20-6-2-7-21-49)31-17-33-65(67)70-63-32-15-14-29-61(63)68-60-28-13-11-25-51(60)38-45-66(68)70/h1-46H. The Morgan fingerprint density at radius 3 is 1.47 bits per heavy atom. The lowest BCUT2D eigenvalue weighted by Crippen LogP contribution is -2.11. The number of hydrogen-bond acceptors (Lipinski definition) is 1. The average Bonchev–Trinajstić information content (AvgIpc) is 3.79. The Balaban J connectivity index is 1.01. The van der Waals surface area contributed by atoms with Crippen LogP contribution in [0.3, 0.4) is 0 Å². The van der Waals surface area contributed by atoms with Crippen molar-refractivity contribution in [2.24, 2.45) is 0 Å². The maximum Gasteiger partial charge on any atom is 0.0547 e. The van der Waals surface area contributed by atoms with Crippen molar-refractivity contribution < 1.29 is 0 Å². The lowest BCUT2D eigenvalue weighted by atomic mass is 9.92. The third-order valence-electron chi connectivity index (χ3n) is 14.0. The lowest BCUT2D eigenvalue weighted by Gasteiger charge is -2.29. The van der Waals surface area contributed by atoms with Crippen LogP contribution in [-0.4, -0.2) is 4.57 Å². The van der Waals surface area contributed by atoms with Gasteiger partial charge in [-0.2, -0.15) is 0 Å². The summed E-state index contributed by atoms with van der Waals surface area (Å²) < 4.78 is 2.48. The molecule has 1 aromatic heterocycles. The molecule has 0 radical (unpaired) electrons. The summed E-state index contributed by atoms with van der Waals surface area (Å²) in [6.07, 6.45) is 0. The van der Waals surface area contributed by atoms with Crippen LogP contribution in [0.1, 0.15) is 0 Å². The van der Waals surface area contributed by atoms with E-state index in [1.54, 1.807) is 0 Å². The summed E-state index contributed by atoms with van der Waals surface area (Å²) in [4.78, 5) is 2.43. The third kappa shape index (κ3) is 7.13. The van der Waals surface area contributed by atoms with Gasteiger partial charge in [0.25, 0.3) is 0 Å². The number of rotatable bonds is 9. The van der Waals surface area contributed by atoms with Gasteiger partial charge in [0.2, 0.25) is 0 Å². The zero-order valence-corrected chi connectivity index (χ0v) is 38.5. The molecule has 13 aromatic rings.